The number of hydrogen-bond acceptors (Lipinski definition) is 3. The first kappa shape index (κ1) is 13.2. The van der Waals surface area contributed by atoms with Gasteiger partial charge in [0, 0.05) is 19.8 Å². The summed E-state index contributed by atoms with van der Waals surface area (Å²) < 4.78 is 5.09. The Balaban J connectivity index is 2.95. The molecule has 0 spiro atoms. The molecule has 0 saturated heterocycles. The standard InChI is InChI=1S/C13H22N2O/c1-9-7-11(3)12(8-10(9)2)13(15-14)5-6-16-4/h7-8,13,15H,5-6,14H2,1-4H3. The molecule has 3 heteroatoms. The molecule has 0 aliphatic heterocycles. The first-order valence-corrected chi connectivity index (χ1v) is 5.63. The first-order chi connectivity index (χ1) is 7.60. The summed E-state index contributed by atoms with van der Waals surface area (Å²) in [4.78, 5) is 0. The van der Waals surface area contributed by atoms with Crippen molar-refractivity contribution in [2.45, 2.75) is 33.2 Å². The van der Waals surface area contributed by atoms with Crippen molar-refractivity contribution in [2.24, 2.45) is 5.84 Å². The Morgan fingerprint density at radius 1 is 1.19 bits per heavy atom. The minimum absolute atomic E-state index is 0.166. The zero-order valence-corrected chi connectivity index (χ0v) is 10.6. The van der Waals surface area contributed by atoms with Crippen LogP contribution in [-0.2, 0) is 4.74 Å². The third-order valence-electron chi connectivity index (χ3n) is 3.07. The van der Waals surface area contributed by atoms with E-state index < -0.39 is 0 Å². The van der Waals surface area contributed by atoms with Gasteiger partial charge in [-0.05, 0) is 49.4 Å². The number of nitrogens with one attached hydrogen (secondary N) is 1. The summed E-state index contributed by atoms with van der Waals surface area (Å²) in [6.07, 6.45) is 0.885. The SMILES string of the molecule is COCCC(NN)c1cc(C)c(C)cc1C. The maximum absolute atomic E-state index is 5.60. The maximum atomic E-state index is 5.60. The number of rotatable bonds is 5. The Morgan fingerprint density at radius 2 is 1.81 bits per heavy atom. The minimum Gasteiger partial charge on any atom is -0.385 e. The molecule has 0 radical (unpaired) electrons. The molecule has 0 bridgehead atoms. The lowest BCUT2D eigenvalue weighted by molar-refractivity contribution is 0.183. The highest BCUT2D eigenvalue weighted by atomic mass is 16.5. The minimum atomic E-state index is 0.166. The summed E-state index contributed by atoms with van der Waals surface area (Å²) in [5, 5.41) is 0. The van der Waals surface area contributed by atoms with Gasteiger partial charge in [-0.3, -0.25) is 11.3 Å². The fourth-order valence-electron chi connectivity index (χ4n) is 1.92. The van der Waals surface area contributed by atoms with E-state index in [1.165, 1.54) is 22.3 Å². The lowest BCUT2D eigenvalue weighted by Gasteiger charge is -2.19. The molecule has 90 valence electrons. The fourth-order valence-corrected chi connectivity index (χ4v) is 1.92. The quantitative estimate of drug-likeness (QED) is 0.593. The fraction of sp³-hybridized carbons (Fsp3) is 0.538. The lowest BCUT2D eigenvalue weighted by atomic mass is 9.94. The molecule has 3 N–H and O–H groups in total. The van der Waals surface area contributed by atoms with Gasteiger partial charge in [-0.1, -0.05) is 12.1 Å². The van der Waals surface area contributed by atoms with Gasteiger partial charge >= 0.3 is 0 Å². The van der Waals surface area contributed by atoms with Crippen LogP contribution in [0.15, 0.2) is 12.1 Å². The van der Waals surface area contributed by atoms with Gasteiger partial charge in [-0.25, -0.2) is 0 Å². The van der Waals surface area contributed by atoms with Gasteiger partial charge in [0.15, 0.2) is 0 Å². The number of ether oxygens (including phenoxy) is 1. The largest absolute Gasteiger partial charge is 0.385 e. The molecule has 1 aromatic carbocycles. The van der Waals surface area contributed by atoms with Gasteiger partial charge in [0.1, 0.15) is 0 Å². The van der Waals surface area contributed by atoms with E-state index in [1.54, 1.807) is 7.11 Å². The Hall–Kier alpha value is -0.900. The van der Waals surface area contributed by atoms with Gasteiger partial charge in [-0.15, -0.1) is 0 Å². The van der Waals surface area contributed by atoms with Crippen LogP contribution in [0.2, 0.25) is 0 Å². The second-order valence-electron chi connectivity index (χ2n) is 4.29. The highest BCUT2D eigenvalue weighted by Gasteiger charge is 2.12. The Morgan fingerprint density at radius 3 is 2.38 bits per heavy atom. The van der Waals surface area contributed by atoms with Crippen LogP contribution >= 0.6 is 0 Å². The van der Waals surface area contributed by atoms with Gasteiger partial charge in [-0.2, -0.15) is 0 Å². The summed E-state index contributed by atoms with van der Waals surface area (Å²) in [7, 11) is 1.71. The van der Waals surface area contributed by atoms with Gasteiger partial charge in [0.2, 0.25) is 0 Å². The molecule has 0 aliphatic rings. The maximum Gasteiger partial charge on any atom is 0.0484 e. The number of nitrogens with two attached hydrogens (primary N) is 1. The van der Waals surface area contributed by atoms with E-state index in [1.807, 2.05) is 0 Å². The van der Waals surface area contributed by atoms with Crippen molar-refractivity contribution in [2.75, 3.05) is 13.7 Å². The van der Waals surface area contributed by atoms with Crippen molar-refractivity contribution in [1.82, 2.24) is 5.43 Å². The van der Waals surface area contributed by atoms with Crippen LogP contribution in [0.4, 0.5) is 0 Å². The molecule has 16 heavy (non-hydrogen) atoms. The summed E-state index contributed by atoms with van der Waals surface area (Å²) in [6.45, 7) is 7.09. The molecule has 0 amide bonds. The average Bonchev–Trinajstić information content (AvgIpc) is 2.26. The molecule has 1 aromatic rings. The number of aryl methyl sites for hydroxylation is 3. The van der Waals surface area contributed by atoms with Crippen LogP contribution in [0.1, 0.15) is 34.7 Å². The first-order valence-electron chi connectivity index (χ1n) is 5.63. The van der Waals surface area contributed by atoms with Crippen LogP contribution in [-0.4, -0.2) is 13.7 Å². The zero-order chi connectivity index (χ0) is 12.1. The summed E-state index contributed by atoms with van der Waals surface area (Å²) in [5.41, 5.74) is 8.03. The lowest BCUT2D eigenvalue weighted by Crippen LogP contribution is -2.29. The molecule has 0 saturated carbocycles. The van der Waals surface area contributed by atoms with Crippen molar-refractivity contribution >= 4 is 0 Å². The van der Waals surface area contributed by atoms with E-state index in [0.29, 0.717) is 6.61 Å². The molecule has 0 aromatic heterocycles. The van der Waals surface area contributed by atoms with Gasteiger partial charge in [0.25, 0.3) is 0 Å². The van der Waals surface area contributed by atoms with Crippen LogP contribution in [0.25, 0.3) is 0 Å². The molecular weight excluding hydrogens is 200 g/mol. The van der Waals surface area contributed by atoms with E-state index in [9.17, 15) is 0 Å². The van der Waals surface area contributed by atoms with Crippen molar-refractivity contribution in [1.29, 1.82) is 0 Å². The second kappa shape index (κ2) is 5.99. The van der Waals surface area contributed by atoms with E-state index >= 15 is 0 Å². The molecule has 3 nitrogen and oxygen atoms in total. The van der Waals surface area contributed by atoms with Crippen LogP contribution in [0, 0.1) is 20.8 Å². The van der Waals surface area contributed by atoms with Crippen LogP contribution in [0.5, 0.6) is 0 Å². The van der Waals surface area contributed by atoms with Crippen molar-refractivity contribution < 1.29 is 4.74 Å². The third-order valence-corrected chi connectivity index (χ3v) is 3.07. The molecular formula is C13H22N2O. The number of benzene rings is 1. The van der Waals surface area contributed by atoms with E-state index in [4.69, 9.17) is 10.6 Å². The Bertz CT molecular complexity index is 350. The Kier molecular flexibility index (Phi) is 4.93. The topological polar surface area (TPSA) is 47.3 Å². The summed E-state index contributed by atoms with van der Waals surface area (Å²) in [6, 6.07) is 4.59. The van der Waals surface area contributed by atoms with Gasteiger partial charge in [0.05, 0.1) is 0 Å². The molecule has 0 aliphatic carbocycles. The predicted octanol–water partition coefficient (Wildman–Crippen LogP) is 2.15. The molecule has 0 fully saturated rings. The van der Waals surface area contributed by atoms with E-state index in [2.05, 4.69) is 38.3 Å². The number of hydrazine groups is 1. The van der Waals surface area contributed by atoms with Crippen molar-refractivity contribution in [3.05, 3.63) is 34.4 Å². The van der Waals surface area contributed by atoms with Gasteiger partial charge < -0.3 is 4.74 Å². The van der Waals surface area contributed by atoms with E-state index in [-0.39, 0.29) is 6.04 Å². The molecule has 1 unspecified atom stereocenters. The highest BCUT2D eigenvalue weighted by molar-refractivity contribution is 5.38. The molecule has 1 rings (SSSR count). The summed E-state index contributed by atoms with van der Waals surface area (Å²) >= 11 is 0. The normalized spacial score (nSPS) is 12.8. The zero-order valence-electron chi connectivity index (χ0n) is 10.6. The molecule has 0 heterocycles. The van der Waals surface area contributed by atoms with Crippen molar-refractivity contribution in [3.8, 4) is 0 Å². The smallest absolute Gasteiger partial charge is 0.0484 e. The van der Waals surface area contributed by atoms with Crippen molar-refractivity contribution in [3.63, 3.8) is 0 Å². The highest BCUT2D eigenvalue weighted by Crippen LogP contribution is 2.23. The molecule has 1 atom stereocenters. The predicted molar refractivity (Wildman–Crippen MR) is 67.2 cm³/mol. The second-order valence-corrected chi connectivity index (χ2v) is 4.29. The van der Waals surface area contributed by atoms with Crippen LogP contribution < -0.4 is 11.3 Å². The van der Waals surface area contributed by atoms with E-state index in [0.717, 1.165) is 6.42 Å². The number of methoxy groups -OCH3 is 1. The number of hydrogen-bond donors (Lipinski definition) is 2. The van der Waals surface area contributed by atoms with Crippen LogP contribution in [0.3, 0.4) is 0 Å². The summed E-state index contributed by atoms with van der Waals surface area (Å²) in [5.74, 6) is 5.60. The average molecular weight is 222 g/mol. The Labute approximate surface area is 98.0 Å². The third kappa shape index (κ3) is 3.04. The monoisotopic (exact) mass is 222 g/mol.